The first-order valence-electron chi connectivity index (χ1n) is 8.32. The highest BCUT2D eigenvalue weighted by Gasteiger charge is 2.29. The molecule has 0 amide bonds. The molecule has 2 fully saturated rings. The smallest absolute Gasteiger partial charge is 0.134 e. The first-order valence-corrected chi connectivity index (χ1v) is 8.70. The van der Waals surface area contributed by atoms with Crippen molar-refractivity contribution < 1.29 is 5.11 Å². The summed E-state index contributed by atoms with van der Waals surface area (Å²) in [6, 6.07) is 6.53. The third-order valence-corrected chi connectivity index (χ3v) is 5.24. The Bertz CT molecular complexity index is 505. The van der Waals surface area contributed by atoms with Crippen LogP contribution in [-0.4, -0.2) is 60.2 Å². The molecule has 2 atom stereocenters. The van der Waals surface area contributed by atoms with Crippen LogP contribution in [0.3, 0.4) is 0 Å². The number of phenols is 1. The number of piperazine rings is 1. The molecule has 0 bridgehead atoms. The number of aromatic hydroxyl groups is 1. The van der Waals surface area contributed by atoms with E-state index in [-0.39, 0.29) is 5.75 Å². The molecule has 1 aromatic rings. The molecule has 4 nitrogen and oxygen atoms in total. The third-order valence-electron chi connectivity index (χ3n) is 4.94. The van der Waals surface area contributed by atoms with E-state index < -0.39 is 0 Å². The van der Waals surface area contributed by atoms with E-state index in [2.05, 4.69) is 22.0 Å². The summed E-state index contributed by atoms with van der Waals surface area (Å²) in [5, 5.41) is 13.6. The van der Waals surface area contributed by atoms with Crippen LogP contribution >= 0.6 is 11.6 Å². The van der Waals surface area contributed by atoms with Gasteiger partial charge >= 0.3 is 0 Å². The zero-order chi connectivity index (χ0) is 15.5. The van der Waals surface area contributed by atoms with Crippen molar-refractivity contribution in [2.24, 2.45) is 0 Å². The standard InChI is InChI=1S/C17H26ClN3O/c1-13-11-19-6-9-21(13)16(12-20-7-2-3-8-20)14-4-5-17(22)15(18)10-14/h4-5,10,13,16,19,22H,2-3,6-9,11-12H2,1H3. The fourth-order valence-corrected chi connectivity index (χ4v) is 3.85. The molecular formula is C17H26ClN3O. The molecule has 0 radical (unpaired) electrons. The molecule has 2 unspecified atom stereocenters. The topological polar surface area (TPSA) is 38.7 Å². The lowest BCUT2D eigenvalue weighted by Gasteiger charge is -2.41. The summed E-state index contributed by atoms with van der Waals surface area (Å²) in [7, 11) is 0. The van der Waals surface area contributed by atoms with Gasteiger partial charge in [-0.15, -0.1) is 0 Å². The summed E-state index contributed by atoms with van der Waals surface area (Å²) in [6.07, 6.45) is 2.61. The van der Waals surface area contributed by atoms with Crippen molar-refractivity contribution in [2.45, 2.75) is 31.8 Å². The largest absolute Gasteiger partial charge is 0.506 e. The second-order valence-corrected chi connectivity index (χ2v) is 6.93. The SMILES string of the molecule is CC1CNCCN1C(CN1CCCC1)c1ccc(O)c(Cl)c1. The third kappa shape index (κ3) is 3.57. The minimum absolute atomic E-state index is 0.165. The minimum atomic E-state index is 0.165. The molecule has 1 aromatic carbocycles. The number of phenolic OH excluding ortho intramolecular Hbond substituents is 1. The molecule has 2 saturated heterocycles. The molecule has 0 saturated carbocycles. The predicted octanol–water partition coefficient (Wildman–Crippen LogP) is 2.48. The van der Waals surface area contributed by atoms with Crippen LogP contribution < -0.4 is 5.32 Å². The first-order chi connectivity index (χ1) is 10.6. The Hall–Kier alpha value is -0.810. The van der Waals surface area contributed by atoms with Gasteiger partial charge in [0.05, 0.1) is 5.02 Å². The lowest BCUT2D eigenvalue weighted by atomic mass is 10.0. The Balaban J connectivity index is 1.84. The normalized spacial score (nSPS) is 25.5. The van der Waals surface area contributed by atoms with Gasteiger partial charge in [-0.25, -0.2) is 0 Å². The molecule has 2 aliphatic rings. The summed E-state index contributed by atoms with van der Waals surface area (Å²) >= 11 is 6.16. The number of hydrogen-bond acceptors (Lipinski definition) is 4. The van der Waals surface area contributed by atoms with Gasteiger partial charge in [0, 0.05) is 38.3 Å². The Morgan fingerprint density at radius 3 is 2.77 bits per heavy atom. The van der Waals surface area contributed by atoms with E-state index in [1.165, 1.54) is 31.5 Å². The average Bonchev–Trinajstić information content (AvgIpc) is 3.02. The first kappa shape index (κ1) is 16.1. The lowest BCUT2D eigenvalue weighted by Crippen LogP contribution is -2.52. The fourth-order valence-electron chi connectivity index (χ4n) is 3.66. The molecule has 22 heavy (non-hydrogen) atoms. The Kier molecular flexibility index (Phi) is 5.24. The van der Waals surface area contributed by atoms with Crippen LogP contribution in [0.2, 0.25) is 5.02 Å². The second kappa shape index (κ2) is 7.18. The van der Waals surface area contributed by atoms with E-state index in [4.69, 9.17) is 11.6 Å². The zero-order valence-corrected chi connectivity index (χ0v) is 14.0. The van der Waals surface area contributed by atoms with Crippen LogP contribution in [0.25, 0.3) is 0 Å². The molecule has 0 spiro atoms. The van der Waals surface area contributed by atoms with Crippen molar-refractivity contribution in [1.82, 2.24) is 15.1 Å². The van der Waals surface area contributed by atoms with Gasteiger partial charge in [-0.1, -0.05) is 17.7 Å². The lowest BCUT2D eigenvalue weighted by molar-refractivity contribution is 0.0907. The number of rotatable bonds is 4. The van der Waals surface area contributed by atoms with E-state index in [1.54, 1.807) is 6.07 Å². The van der Waals surface area contributed by atoms with Crippen LogP contribution in [0.15, 0.2) is 18.2 Å². The van der Waals surface area contributed by atoms with Gasteiger partial charge < -0.3 is 15.3 Å². The van der Waals surface area contributed by atoms with E-state index in [0.29, 0.717) is 17.1 Å². The van der Waals surface area contributed by atoms with E-state index in [1.807, 2.05) is 12.1 Å². The summed E-state index contributed by atoms with van der Waals surface area (Å²) in [5.41, 5.74) is 1.21. The van der Waals surface area contributed by atoms with E-state index >= 15 is 0 Å². The van der Waals surface area contributed by atoms with Crippen molar-refractivity contribution in [3.63, 3.8) is 0 Å². The number of benzene rings is 1. The number of halogens is 1. The van der Waals surface area contributed by atoms with Crippen LogP contribution in [0.1, 0.15) is 31.4 Å². The molecular weight excluding hydrogens is 298 g/mol. The van der Waals surface area contributed by atoms with Crippen molar-refractivity contribution >= 4 is 11.6 Å². The summed E-state index contributed by atoms with van der Waals surface area (Å²) in [4.78, 5) is 5.14. The molecule has 122 valence electrons. The molecule has 5 heteroatoms. The van der Waals surface area contributed by atoms with Gasteiger partial charge in [0.25, 0.3) is 0 Å². The van der Waals surface area contributed by atoms with Crippen molar-refractivity contribution in [1.29, 1.82) is 0 Å². The van der Waals surface area contributed by atoms with Gasteiger partial charge in [-0.05, 0) is 50.6 Å². The average molecular weight is 324 g/mol. The second-order valence-electron chi connectivity index (χ2n) is 6.53. The number of nitrogens with zero attached hydrogens (tertiary/aromatic N) is 2. The number of hydrogen-bond donors (Lipinski definition) is 2. The summed E-state index contributed by atoms with van der Waals surface area (Å²) in [6.45, 7) is 8.84. The van der Waals surface area contributed by atoms with Gasteiger partial charge in [0.1, 0.15) is 5.75 Å². The van der Waals surface area contributed by atoms with Gasteiger partial charge in [-0.2, -0.15) is 0 Å². The van der Waals surface area contributed by atoms with E-state index in [9.17, 15) is 5.11 Å². The number of nitrogens with one attached hydrogen (secondary N) is 1. The zero-order valence-electron chi connectivity index (χ0n) is 13.3. The molecule has 2 heterocycles. The maximum Gasteiger partial charge on any atom is 0.134 e. The Morgan fingerprint density at radius 2 is 2.09 bits per heavy atom. The van der Waals surface area contributed by atoms with Gasteiger partial charge in [-0.3, -0.25) is 4.90 Å². The monoisotopic (exact) mass is 323 g/mol. The van der Waals surface area contributed by atoms with Crippen molar-refractivity contribution in [2.75, 3.05) is 39.3 Å². The van der Waals surface area contributed by atoms with Gasteiger partial charge in [0.2, 0.25) is 0 Å². The molecule has 3 rings (SSSR count). The van der Waals surface area contributed by atoms with Crippen molar-refractivity contribution in [3.05, 3.63) is 28.8 Å². The van der Waals surface area contributed by atoms with Gasteiger partial charge in [0.15, 0.2) is 0 Å². The number of likely N-dealkylation sites (tertiary alicyclic amines) is 1. The predicted molar refractivity (Wildman–Crippen MR) is 90.6 cm³/mol. The van der Waals surface area contributed by atoms with Crippen molar-refractivity contribution in [3.8, 4) is 5.75 Å². The van der Waals surface area contributed by atoms with Crippen LogP contribution in [0, 0.1) is 0 Å². The fraction of sp³-hybridized carbons (Fsp3) is 0.647. The molecule has 2 N–H and O–H groups in total. The Morgan fingerprint density at radius 1 is 1.32 bits per heavy atom. The quantitative estimate of drug-likeness (QED) is 0.893. The van der Waals surface area contributed by atoms with Crippen LogP contribution in [0.5, 0.6) is 5.75 Å². The Labute approximate surface area is 138 Å². The van der Waals surface area contributed by atoms with Crippen LogP contribution in [-0.2, 0) is 0 Å². The maximum atomic E-state index is 9.71. The highest BCUT2D eigenvalue weighted by atomic mass is 35.5. The summed E-state index contributed by atoms with van der Waals surface area (Å²) < 4.78 is 0. The molecule has 2 aliphatic heterocycles. The highest BCUT2D eigenvalue weighted by molar-refractivity contribution is 6.32. The van der Waals surface area contributed by atoms with Crippen LogP contribution in [0.4, 0.5) is 0 Å². The minimum Gasteiger partial charge on any atom is -0.506 e. The highest BCUT2D eigenvalue weighted by Crippen LogP contribution is 2.31. The van der Waals surface area contributed by atoms with E-state index in [0.717, 1.165) is 26.2 Å². The summed E-state index contributed by atoms with van der Waals surface area (Å²) in [5.74, 6) is 0.165. The maximum absolute atomic E-state index is 9.71. The molecule has 0 aromatic heterocycles. The molecule has 0 aliphatic carbocycles.